The first-order chi connectivity index (χ1) is 18.5. The minimum Gasteiger partial charge on any atom is -0.368 e. The lowest BCUT2D eigenvalue weighted by molar-refractivity contribution is 0.0747. The van der Waals surface area contributed by atoms with E-state index in [1.807, 2.05) is 75.9 Å². The molecule has 1 unspecified atom stereocenters. The minimum atomic E-state index is -1.45. The summed E-state index contributed by atoms with van der Waals surface area (Å²) in [7, 11) is -1.45. The maximum Gasteiger partial charge on any atom is 0.253 e. The summed E-state index contributed by atoms with van der Waals surface area (Å²) in [5.41, 5.74) is 3.26. The zero-order valence-electron chi connectivity index (χ0n) is 20.7. The SMILES string of the molecule is O=C(c1ccc(N(Cc2ccc(Cl)cc2)S(=O)c2ccccc2)cc1)N1CCN(c2ccc(F)cc2)CC1. The molecule has 0 N–H and O–H groups in total. The Morgan fingerprint density at radius 3 is 2.08 bits per heavy atom. The lowest BCUT2D eigenvalue weighted by Gasteiger charge is -2.36. The molecule has 0 radical (unpaired) electrons. The quantitative estimate of drug-likeness (QED) is 0.278. The van der Waals surface area contributed by atoms with E-state index in [0.29, 0.717) is 48.2 Å². The minimum absolute atomic E-state index is 0.0382. The summed E-state index contributed by atoms with van der Waals surface area (Å²) >= 11 is 6.05. The van der Waals surface area contributed by atoms with Crippen LogP contribution < -0.4 is 9.21 Å². The number of hydrogen-bond acceptors (Lipinski definition) is 3. The van der Waals surface area contributed by atoms with Crippen molar-refractivity contribution in [3.63, 3.8) is 0 Å². The number of halogens is 2. The summed E-state index contributed by atoms with van der Waals surface area (Å²) < 4.78 is 28.6. The molecule has 0 aromatic heterocycles. The third kappa shape index (κ3) is 6.06. The van der Waals surface area contributed by atoms with Crippen molar-refractivity contribution >= 4 is 39.9 Å². The molecule has 4 aromatic rings. The molecule has 8 heteroatoms. The van der Waals surface area contributed by atoms with Gasteiger partial charge in [-0.25, -0.2) is 8.60 Å². The Morgan fingerprint density at radius 2 is 1.45 bits per heavy atom. The first kappa shape index (κ1) is 25.9. The highest BCUT2D eigenvalue weighted by molar-refractivity contribution is 7.86. The molecule has 1 heterocycles. The van der Waals surface area contributed by atoms with Crippen LogP contribution in [-0.4, -0.2) is 41.2 Å². The van der Waals surface area contributed by atoms with Crippen LogP contribution in [0.15, 0.2) is 108 Å². The first-order valence-corrected chi connectivity index (χ1v) is 13.9. The molecule has 1 aliphatic heterocycles. The predicted octanol–water partition coefficient (Wildman–Crippen LogP) is 6.17. The van der Waals surface area contributed by atoms with Crippen molar-refractivity contribution in [2.24, 2.45) is 0 Å². The van der Waals surface area contributed by atoms with Crippen LogP contribution in [0.2, 0.25) is 5.02 Å². The number of nitrogens with zero attached hydrogens (tertiary/aromatic N) is 3. The maximum atomic E-state index is 13.6. The number of hydrogen-bond donors (Lipinski definition) is 0. The van der Waals surface area contributed by atoms with Crippen molar-refractivity contribution in [3.8, 4) is 0 Å². The van der Waals surface area contributed by atoms with Crippen LogP contribution in [0.25, 0.3) is 0 Å². The summed E-state index contributed by atoms with van der Waals surface area (Å²) in [6, 6.07) is 30.5. The molecule has 4 aromatic carbocycles. The Balaban J connectivity index is 1.30. The fraction of sp³-hybridized carbons (Fsp3) is 0.167. The van der Waals surface area contributed by atoms with Crippen LogP contribution >= 0.6 is 11.6 Å². The van der Waals surface area contributed by atoms with Gasteiger partial charge in [-0.2, -0.15) is 0 Å². The monoisotopic (exact) mass is 547 g/mol. The van der Waals surface area contributed by atoms with E-state index in [1.165, 1.54) is 12.1 Å². The molecule has 5 rings (SSSR count). The molecular weight excluding hydrogens is 521 g/mol. The van der Waals surface area contributed by atoms with E-state index < -0.39 is 11.0 Å². The van der Waals surface area contributed by atoms with Crippen molar-refractivity contribution in [2.75, 3.05) is 35.4 Å². The van der Waals surface area contributed by atoms with Gasteiger partial charge in [-0.3, -0.25) is 9.10 Å². The van der Waals surface area contributed by atoms with Crippen LogP contribution in [0.5, 0.6) is 0 Å². The second-order valence-electron chi connectivity index (χ2n) is 9.03. The number of amides is 1. The van der Waals surface area contributed by atoms with Crippen LogP contribution in [0.4, 0.5) is 15.8 Å². The highest BCUT2D eigenvalue weighted by Crippen LogP contribution is 2.25. The Bertz CT molecular complexity index is 1390. The summed E-state index contributed by atoms with van der Waals surface area (Å²) in [5, 5.41) is 0.644. The third-order valence-electron chi connectivity index (χ3n) is 6.55. The van der Waals surface area contributed by atoms with E-state index in [0.717, 1.165) is 16.9 Å². The van der Waals surface area contributed by atoms with E-state index in [-0.39, 0.29) is 11.7 Å². The van der Waals surface area contributed by atoms with Crippen molar-refractivity contribution in [1.82, 2.24) is 4.90 Å². The molecule has 0 saturated carbocycles. The van der Waals surface area contributed by atoms with Crippen LogP contribution in [0.1, 0.15) is 15.9 Å². The fourth-order valence-electron chi connectivity index (χ4n) is 4.44. The molecule has 1 fully saturated rings. The van der Waals surface area contributed by atoms with E-state index in [2.05, 4.69) is 4.90 Å². The summed E-state index contributed by atoms with van der Waals surface area (Å²) in [4.78, 5) is 17.9. The summed E-state index contributed by atoms with van der Waals surface area (Å²) in [5.74, 6) is -0.297. The van der Waals surface area contributed by atoms with E-state index >= 15 is 0 Å². The predicted molar refractivity (Wildman–Crippen MR) is 151 cm³/mol. The molecule has 0 aliphatic carbocycles. The average Bonchev–Trinajstić information content (AvgIpc) is 2.97. The molecular formula is C30H27ClFN3O2S. The van der Waals surface area contributed by atoms with Gasteiger partial charge in [0.25, 0.3) is 5.91 Å². The van der Waals surface area contributed by atoms with E-state index in [4.69, 9.17) is 11.6 Å². The Morgan fingerprint density at radius 1 is 0.816 bits per heavy atom. The topological polar surface area (TPSA) is 43.9 Å². The van der Waals surface area contributed by atoms with Gasteiger partial charge in [-0.15, -0.1) is 0 Å². The zero-order chi connectivity index (χ0) is 26.5. The number of piperazine rings is 1. The molecule has 1 aliphatic rings. The van der Waals surface area contributed by atoms with Gasteiger partial charge < -0.3 is 9.80 Å². The van der Waals surface area contributed by atoms with Crippen molar-refractivity contribution in [2.45, 2.75) is 11.4 Å². The van der Waals surface area contributed by atoms with Gasteiger partial charge in [0.1, 0.15) is 5.82 Å². The highest BCUT2D eigenvalue weighted by Gasteiger charge is 2.23. The Kier molecular flexibility index (Phi) is 8.05. The van der Waals surface area contributed by atoms with Gasteiger partial charge in [0.05, 0.1) is 17.1 Å². The lowest BCUT2D eigenvalue weighted by atomic mass is 10.1. The van der Waals surface area contributed by atoms with Gasteiger partial charge >= 0.3 is 0 Å². The fourth-order valence-corrected chi connectivity index (χ4v) is 5.79. The normalized spacial score (nSPS) is 14.3. The molecule has 1 amide bonds. The van der Waals surface area contributed by atoms with Crippen LogP contribution in [0, 0.1) is 5.82 Å². The van der Waals surface area contributed by atoms with E-state index in [1.54, 1.807) is 24.3 Å². The van der Waals surface area contributed by atoms with Crippen LogP contribution in [-0.2, 0) is 17.5 Å². The van der Waals surface area contributed by atoms with Crippen molar-refractivity contribution in [3.05, 3.63) is 125 Å². The number of carbonyl (C=O) groups excluding carboxylic acids is 1. The molecule has 1 atom stereocenters. The largest absolute Gasteiger partial charge is 0.368 e. The van der Waals surface area contributed by atoms with Gasteiger partial charge in [0.2, 0.25) is 0 Å². The van der Waals surface area contributed by atoms with Gasteiger partial charge in [-0.05, 0) is 78.4 Å². The smallest absolute Gasteiger partial charge is 0.253 e. The van der Waals surface area contributed by atoms with E-state index in [9.17, 15) is 13.4 Å². The molecule has 38 heavy (non-hydrogen) atoms. The number of anilines is 2. The second-order valence-corrected chi connectivity index (χ2v) is 10.9. The molecule has 194 valence electrons. The second kappa shape index (κ2) is 11.8. The van der Waals surface area contributed by atoms with Crippen molar-refractivity contribution < 1.29 is 13.4 Å². The number of carbonyl (C=O) groups is 1. The third-order valence-corrected chi connectivity index (χ3v) is 8.21. The Hall–Kier alpha value is -3.68. The maximum absolute atomic E-state index is 13.6. The highest BCUT2D eigenvalue weighted by atomic mass is 35.5. The zero-order valence-corrected chi connectivity index (χ0v) is 22.2. The van der Waals surface area contributed by atoms with Crippen molar-refractivity contribution in [1.29, 1.82) is 0 Å². The van der Waals surface area contributed by atoms with Gasteiger partial charge in [-0.1, -0.05) is 41.9 Å². The first-order valence-electron chi connectivity index (χ1n) is 12.4. The lowest BCUT2D eigenvalue weighted by Crippen LogP contribution is -2.48. The molecule has 5 nitrogen and oxygen atoms in total. The number of benzene rings is 4. The molecule has 0 bridgehead atoms. The average molecular weight is 548 g/mol. The Labute approximate surface area is 229 Å². The molecule has 0 spiro atoms. The van der Waals surface area contributed by atoms with Crippen LogP contribution in [0.3, 0.4) is 0 Å². The molecule has 1 saturated heterocycles. The number of rotatable bonds is 7. The van der Waals surface area contributed by atoms with Gasteiger partial charge in [0.15, 0.2) is 11.0 Å². The van der Waals surface area contributed by atoms with Gasteiger partial charge in [0, 0.05) is 42.5 Å². The summed E-state index contributed by atoms with van der Waals surface area (Å²) in [6.07, 6.45) is 0. The standard InChI is InChI=1S/C30H27ClFN3O2S/c31-25-10-6-23(7-11-25)22-35(38(37)29-4-2-1-3-5-29)28-14-8-24(9-15-28)30(36)34-20-18-33(19-21-34)27-16-12-26(32)13-17-27/h1-17H,18-22H2. The summed E-state index contributed by atoms with van der Waals surface area (Å²) in [6.45, 7) is 2.94.